The van der Waals surface area contributed by atoms with Crippen molar-refractivity contribution in [3.05, 3.63) is 89.9 Å². The van der Waals surface area contributed by atoms with Gasteiger partial charge in [-0.1, -0.05) is 42.5 Å². The number of methoxy groups -OCH3 is 1. The highest BCUT2D eigenvalue weighted by atomic mass is 35.5. The van der Waals surface area contributed by atoms with Gasteiger partial charge in [-0.3, -0.25) is 4.79 Å². The summed E-state index contributed by atoms with van der Waals surface area (Å²) in [4.78, 5) is 12.2. The standard InChI is InChI=1S/C27H28ClN3O5/c1-4-23(34-3)24(35-5-2)12-8-9-17-31-22-11-7-6-10-21(22)26(27(31)33)30-29-25(32)18-36-20-15-13-19(28)14-16-20/h4,6-8,10-16,33H,1,5,9,17-18H2,2-3H3/b12-8-,24-23-,30-29?. The number of para-hydroxylation sites is 1. The van der Waals surface area contributed by atoms with Gasteiger partial charge in [0.15, 0.2) is 23.8 Å². The van der Waals surface area contributed by atoms with E-state index in [-0.39, 0.29) is 18.2 Å². The van der Waals surface area contributed by atoms with Crippen LogP contribution in [-0.2, 0) is 20.8 Å². The lowest BCUT2D eigenvalue weighted by Crippen LogP contribution is -2.07. The molecule has 0 unspecified atom stereocenters. The zero-order valence-electron chi connectivity index (χ0n) is 20.2. The molecule has 188 valence electrons. The lowest BCUT2D eigenvalue weighted by molar-refractivity contribution is -0.120. The Bertz CT molecular complexity index is 1290. The van der Waals surface area contributed by atoms with Crippen LogP contribution < -0.4 is 4.74 Å². The Morgan fingerprint density at radius 2 is 1.92 bits per heavy atom. The number of halogens is 1. The Balaban J connectivity index is 1.73. The van der Waals surface area contributed by atoms with Gasteiger partial charge < -0.3 is 23.9 Å². The monoisotopic (exact) mass is 509 g/mol. The van der Waals surface area contributed by atoms with Gasteiger partial charge in [0.05, 0.1) is 19.2 Å². The van der Waals surface area contributed by atoms with E-state index in [2.05, 4.69) is 16.8 Å². The van der Waals surface area contributed by atoms with E-state index in [1.807, 2.05) is 43.3 Å². The number of hydrogen-bond acceptors (Lipinski definition) is 6. The number of benzene rings is 2. The molecule has 1 heterocycles. The fourth-order valence-electron chi connectivity index (χ4n) is 3.44. The number of aryl methyl sites for hydroxylation is 1. The summed E-state index contributed by atoms with van der Waals surface area (Å²) in [6, 6.07) is 14.0. The van der Waals surface area contributed by atoms with E-state index >= 15 is 0 Å². The maximum Gasteiger partial charge on any atom is 0.302 e. The first-order chi connectivity index (χ1) is 17.5. The number of aromatic nitrogens is 1. The molecule has 1 aromatic heterocycles. The molecule has 0 fully saturated rings. The van der Waals surface area contributed by atoms with Crippen LogP contribution in [0, 0.1) is 0 Å². The third kappa shape index (κ3) is 6.76. The molecular formula is C27H28ClN3O5. The number of carbonyl (C=O) groups is 1. The molecular weight excluding hydrogens is 482 g/mol. The number of amides is 1. The normalized spacial score (nSPS) is 12.2. The Morgan fingerprint density at radius 3 is 2.61 bits per heavy atom. The van der Waals surface area contributed by atoms with Gasteiger partial charge in [-0.05, 0) is 55.8 Å². The maximum atomic E-state index is 12.2. The first-order valence-electron chi connectivity index (χ1n) is 11.3. The quantitative estimate of drug-likeness (QED) is 0.166. The number of nitrogens with zero attached hydrogens (tertiary/aromatic N) is 3. The van der Waals surface area contributed by atoms with Crippen molar-refractivity contribution in [2.75, 3.05) is 20.3 Å². The van der Waals surface area contributed by atoms with Gasteiger partial charge in [0.1, 0.15) is 5.75 Å². The molecule has 0 radical (unpaired) electrons. The molecule has 0 aliphatic carbocycles. The molecule has 3 aromatic rings. The van der Waals surface area contributed by atoms with Crippen molar-refractivity contribution in [3.63, 3.8) is 0 Å². The molecule has 0 bridgehead atoms. The number of ether oxygens (including phenoxy) is 3. The summed E-state index contributed by atoms with van der Waals surface area (Å²) in [5.74, 6) is 0.934. The van der Waals surface area contributed by atoms with Gasteiger partial charge >= 0.3 is 5.91 Å². The van der Waals surface area contributed by atoms with E-state index in [0.29, 0.717) is 47.2 Å². The van der Waals surface area contributed by atoms with Crippen molar-refractivity contribution in [2.45, 2.75) is 19.9 Å². The number of azo groups is 1. The molecule has 0 aliphatic heterocycles. The van der Waals surface area contributed by atoms with Crippen LogP contribution in [0.25, 0.3) is 10.9 Å². The lowest BCUT2D eigenvalue weighted by Gasteiger charge is -2.09. The van der Waals surface area contributed by atoms with E-state index in [0.717, 1.165) is 5.52 Å². The zero-order valence-corrected chi connectivity index (χ0v) is 20.9. The molecule has 0 aliphatic rings. The first-order valence-corrected chi connectivity index (χ1v) is 11.7. The summed E-state index contributed by atoms with van der Waals surface area (Å²) in [7, 11) is 1.55. The number of allylic oxidation sites excluding steroid dienone is 3. The van der Waals surface area contributed by atoms with Gasteiger partial charge in [-0.15, -0.1) is 10.2 Å². The molecule has 0 spiro atoms. The fourth-order valence-corrected chi connectivity index (χ4v) is 3.57. The van der Waals surface area contributed by atoms with Gasteiger partial charge in [-0.2, -0.15) is 0 Å². The third-order valence-electron chi connectivity index (χ3n) is 5.09. The summed E-state index contributed by atoms with van der Waals surface area (Å²) in [5.41, 5.74) is 0.990. The second-order valence-electron chi connectivity index (χ2n) is 7.44. The Labute approximate surface area is 214 Å². The van der Waals surface area contributed by atoms with Crippen LogP contribution in [0.15, 0.2) is 95.1 Å². The van der Waals surface area contributed by atoms with E-state index in [1.165, 1.54) is 0 Å². The van der Waals surface area contributed by atoms with Crippen molar-refractivity contribution >= 4 is 34.1 Å². The molecule has 3 rings (SSSR count). The van der Waals surface area contributed by atoms with Crippen molar-refractivity contribution in [1.29, 1.82) is 0 Å². The summed E-state index contributed by atoms with van der Waals surface area (Å²) in [6.45, 7) is 6.27. The zero-order chi connectivity index (χ0) is 25.9. The number of aromatic hydroxyl groups is 1. The van der Waals surface area contributed by atoms with Crippen LogP contribution in [0.5, 0.6) is 11.6 Å². The van der Waals surface area contributed by atoms with Crippen molar-refractivity contribution in [3.8, 4) is 11.6 Å². The Kier molecular flexibility index (Phi) is 9.71. The van der Waals surface area contributed by atoms with Gasteiger partial charge in [0, 0.05) is 17.0 Å². The van der Waals surface area contributed by atoms with Crippen LogP contribution in [0.4, 0.5) is 5.69 Å². The number of hydrogen-bond donors (Lipinski definition) is 1. The van der Waals surface area contributed by atoms with E-state index in [1.54, 1.807) is 42.0 Å². The molecule has 36 heavy (non-hydrogen) atoms. The van der Waals surface area contributed by atoms with Crippen molar-refractivity contribution in [2.24, 2.45) is 10.2 Å². The molecule has 0 atom stereocenters. The number of fused-ring (bicyclic) bond motifs is 1. The highest BCUT2D eigenvalue weighted by molar-refractivity contribution is 6.30. The molecule has 1 N–H and O–H groups in total. The lowest BCUT2D eigenvalue weighted by atomic mass is 10.2. The molecule has 0 saturated carbocycles. The summed E-state index contributed by atoms with van der Waals surface area (Å²) >= 11 is 5.85. The minimum absolute atomic E-state index is 0.0796. The molecule has 8 nitrogen and oxygen atoms in total. The van der Waals surface area contributed by atoms with Crippen LogP contribution in [0.1, 0.15) is 13.3 Å². The van der Waals surface area contributed by atoms with Crippen LogP contribution in [0.2, 0.25) is 5.02 Å². The second-order valence-corrected chi connectivity index (χ2v) is 7.87. The smallest absolute Gasteiger partial charge is 0.302 e. The minimum Gasteiger partial charge on any atom is -0.493 e. The van der Waals surface area contributed by atoms with Gasteiger partial charge in [0.2, 0.25) is 5.88 Å². The average Bonchev–Trinajstić information content (AvgIpc) is 3.16. The van der Waals surface area contributed by atoms with Gasteiger partial charge in [-0.25, -0.2) is 0 Å². The number of rotatable bonds is 12. The second kappa shape index (κ2) is 13.2. The SMILES string of the molecule is C=C/C(OC)=C(\C=C/CCn1c(O)c(N=NC(=O)COc2ccc(Cl)cc2)c2ccccc21)OCC. The Morgan fingerprint density at radius 1 is 1.17 bits per heavy atom. The maximum absolute atomic E-state index is 12.2. The van der Waals surface area contributed by atoms with Gasteiger partial charge in [0.25, 0.3) is 0 Å². The summed E-state index contributed by atoms with van der Waals surface area (Å²) in [5, 5.41) is 19.9. The fraction of sp³-hybridized carbons (Fsp3) is 0.222. The molecule has 1 amide bonds. The molecule has 9 heteroatoms. The van der Waals surface area contributed by atoms with Crippen molar-refractivity contribution < 1.29 is 24.1 Å². The molecule has 0 saturated heterocycles. The number of carbonyl (C=O) groups excluding carboxylic acids is 1. The van der Waals surface area contributed by atoms with Crippen molar-refractivity contribution in [1.82, 2.24) is 4.57 Å². The van der Waals surface area contributed by atoms with E-state index < -0.39 is 5.91 Å². The highest BCUT2D eigenvalue weighted by Gasteiger charge is 2.16. The van der Waals surface area contributed by atoms with Crippen LogP contribution in [0.3, 0.4) is 0 Å². The first kappa shape index (κ1) is 26.6. The minimum atomic E-state index is -0.587. The largest absolute Gasteiger partial charge is 0.493 e. The van der Waals surface area contributed by atoms with Crippen LogP contribution in [-0.4, -0.2) is 35.9 Å². The topological polar surface area (TPSA) is 94.6 Å². The highest BCUT2D eigenvalue weighted by Crippen LogP contribution is 2.39. The average molecular weight is 510 g/mol. The predicted octanol–water partition coefficient (Wildman–Crippen LogP) is 6.72. The van der Waals surface area contributed by atoms with E-state index in [4.69, 9.17) is 25.8 Å². The third-order valence-corrected chi connectivity index (χ3v) is 5.34. The van der Waals surface area contributed by atoms with Crippen LogP contribution >= 0.6 is 11.6 Å². The Hall–Kier alpha value is -4.04. The molecule has 2 aromatic carbocycles. The summed E-state index contributed by atoms with van der Waals surface area (Å²) in [6.07, 6.45) is 5.90. The predicted molar refractivity (Wildman–Crippen MR) is 140 cm³/mol. The van der Waals surface area contributed by atoms with E-state index in [9.17, 15) is 9.90 Å². The summed E-state index contributed by atoms with van der Waals surface area (Å²) < 4.78 is 18.0.